The zero-order valence-corrected chi connectivity index (χ0v) is 23.9. The minimum atomic E-state index is -0.290. The lowest BCUT2D eigenvalue weighted by Gasteiger charge is -2.28. The zero-order chi connectivity index (χ0) is 28.6. The summed E-state index contributed by atoms with van der Waals surface area (Å²) in [4.78, 5) is 45.0. The first-order chi connectivity index (χ1) is 19.2. The summed E-state index contributed by atoms with van der Waals surface area (Å²) in [6, 6.07) is 21.9. The molecule has 210 valence electrons. The van der Waals surface area contributed by atoms with Crippen molar-refractivity contribution >= 4 is 40.8 Å². The smallest absolute Gasteiger partial charge is 0.317 e. The van der Waals surface area contributed by atoms with Gasteiger partial charge in [0.25, 0.3) is 11.8 Å². The molecule has 9 heteroatoms. The van der Waals surface area contributed by atoms with Crippen LogP contribution in [0.4, 0.5) is 16.2 Å². The molecule has 0 aromatic heterocycles. The lowest BCUT2D eigenvalue weighted by atomic mass is 10.1. The fraction of sp³-hybridized carbons (Fsp3) is 0.323. The van der Waals surface area contributed by atoms with Crippen LogP contribution in [0, 0.1) is 0 Å². The number of halogens is 1. The highest BCUT2D eigenvalue weighted by molar-refractivity contribution is 6.30. The van der Waals surface area contributed by atoms with E-state index in [1.54, 1.807) is 42.3 Å². The first-order valence-corrected chi connectivity index (χ1v) is 13.9. The Balaban J connectivity index is 1.59. The van der Waals surface area contributed by atoms with Gasteiger partial charge in [0.2, 0.25) is 0 Å². The van der Waals surface area contributed by atoms with Crippen molar-refractivity contribution in [3.8, 4) is 0 Å². The van der Waals surface area contributed by atoms with Crippen molar-refractivity contribution in [1.29, 1.82) is 0 Å². The summed E-state index contributed by atoms with van der Waals surface area (Å²) in [6.45, 7) is 6.81. The van der Waals surface area contributed by atoms with Crippen molar-refractivity contribution in [1.82, 2.24) is 15.1 Å². The molecule has 0 aliphatic carbocycles. The van der Waals surface area contributed by atoms with Gasteiger partial charge in [0.15, 0.2) is 0 Å². The number of benzene rings is 3. The number of nitrogens with one attached hydrogen (secondary N) is 2. The molecule has 1 aliphatic rings. The molecule has 2 N–H and O–H groups in total. The molecule has 4 rings (SSSR count). The summed E-state index contributed by atoms with van der Waals surface area (Å²) in [6.07, 6.45) is 0.772. The van der Waals surface area contributed by atoms with Gasteiger partial charge in [-0.1, -0.05) is 41.9 Å². The predicted octanol–water partition coefficient (Wildman–Crippen LogP) is 5.49. The monoisotopic (exact) mass is 561 g/mol. The van der Waals surface area contributed by atoms with Gasteiger partial charge in [0, 0.05) is 67.8 Å². The fourth-order valence-electron chi connectivity index (χ4n) is 4.70. The predicted molar refractivity (Wildman–Crippen MR) is 160 cm³/mol. The Morgan fingerprint density at radius 3 is 2.35 bits per heavy atom. The molecule has 0 radical (unpaired) electrons. The average molecular weight is 562 g/mol. The Labute approximate surface area is 240 Å². The van der Waals surface area contributed by atoms with E-state index in [2.05, 4.69) is 15.5 Å². The van der Waals surface area contributed by atoms with Crippen molar-refractivity contribution in [2.75, 3.05) is 43.4 Å². The van der Waals surface area contributed by atoms with Crippen LogP contribution < -0.4 is 15.5 Å². The molecule has 0 saturated carbocycles. The first-order valence-electron chi connectivity index (χ1n) is 13.5. The highest BCUT2D eigenvalue weighted by atomic mass is 35.5. The minimum Gasteiger partial charge on any atom is -0.369 e. The molecule has 1 aliphatic heterocycles. The van der Waals surface area contributed by atoms with Gasteiger partial charge >= 0.3 is 6.03 Å². The molecule has 40 heavy (non-hydrogen) atoms. The molecule has 1 saturated heterocycles. The fourth-order valence-corrected chi connectivity index (χ4v) is 4.83. The molecule has 0 atom stereocenters. The first kappa shape index (κ1) is 29.0. The molecule has 0 unspecified atom stereocenters. The van der Waals surface area contributed by atoms with Gasteiger partial charge < -0.3 is 25.3 Å². The Hall–Kier alpha value is -4.04. The highest BCUT2D eigenvalue weighted by Gasteiger charge is 2.25. The number of hydrogen-bond acceptors (Lipinski definition) is 4. The molecule has 0 bridgehead atoms. The molecular formula is C31H36ClN5O3. The van der Waals surface area contributed by atoms with Crippen molar-refractivity contribution in [2.45, 2.75) is 32.9 Å². The number of rotatable bonds is 7. The molecule has 1 heterocycles. The third-order valence-electron chi connectivity index (χ3n) is 6.74. The lowest BCUT2D eigenvalue weighted by molar-refractivity contribution is 0.0785. The van der Waals surface area contributed by atoms with Gasteiger partial charge in [-0.2, -0.15) is 0 Å². The molecule has 3 aromatic rings. The Morgan fingerprint density at radius 2 is 1.65 bits per heavy atom. The third-order valence-corrected chi connectivity index (χ3v) is 6.99. The molecule has 4 amide bonds. The molecule has 3 aromatic carbocycles. The van der Waals surface area contributed by atoms with E-state index in [9.17, 15) is 14.4 Å². The Morgan fingerprint density at radius 1 is 0.925 bits per heavy atom. The van der Waals surface area contributed by atoms with Crippen LogP contribution in [0.2, 0.25) is 5.02 Å². The van der Waals surface area contributed by atoms with Gasteiger partial charge in [0.05, 0.1) is 5.56 Å². The number of carbonyl (C=O) groups excluding carboxylic acids is 3. The quantitative estimate of drug-likeness (QED) is 0.399. The normalized spacial score (nSPS) is 13.5. The van der Waals surface area contributed by atoms with E-state index in [-0.39, 0.29) is 23.9 Å². The van der Waals surface area contributed by atoms with E-state index in [4.69, 9.17) is 11.6 Å². The third kappa shape index (κ3) is 7.54. The van der Waals surface area contributed by atoms with Crippen LogP contribution in [0.25, 0.3) is 0 Å². The van der Waals surface area contributed by atoms with E-state index in [0.29, 0.717) is 54.6 Å². The van der Waals surface area contributed by atoms with Gasteiger partial charge in [-0.05, 0) is 68.3 Å². The zero-order valence-electron chi connectivity index (χ0n) is 23.2. The topological polar surface area (TPSA) is 85.0 Å². The van der Waals surface area contributed by atoms with Crippen LogP contribution in [-0.4, -0.2) is 66.9 Å². The summed E-state index contributed by atoms with van der Waals surface area (Å²) in [5, 5.41) is 6.43. The van der Waals surface area contributed by atoms with Crippen LogP contribution >= 0.6 is 11.6 Å². The van der Waals surface area contributed by atoms with Gasteiger partial charge in [-0.15, -0.1) is 0 Å². The van der Waals surface area contributed by atoms with E-state index in [1.165, 1.54) is 0 Å². The molecule has 8 nitrogen and oxygen atoms in total. The maximum atomic E-state index is 13.8. The summed E-state index contributed by atoms with van der Waals surface area (Å²) in [7, 11) is 1.78. The number of carbonyl (C=O) groups is 3. The second kappa shape index (κ2) is 13.3. The van der Waals surface area contributed by atoms with Gasteiger partial charge in [-0.25, -0.2) is 4.79 Å². The number of anilines is 2. The second-order valence-electron chi connectivity index (χ2n) is 10.3. The van der Waals surface area contributed by atoms with E-state index >= 15 is 0 Å². The van der Waals surface area contributed by atoms with E-state index in [0.717, 1.165) is 17.7 Å². The lowest BCUT2D eigenvalue weighted by Crippen LogP contribution is -2.44. The molecule has 0 spiro atoms. The van der Waals surface area contributed by atoms with Crippen molar-refractivity contribution < 1.29 is 14.4 Å². The van der Waals surface area contributed by atoms with Crippen LogP contribution in [0.15, 0.2) is 72.8 Å². The van der Waals surface area contributed by atoms with Crippen LogP contribution in [0.3, 0.4) is 0 Å². The molecular weight excluding hydrogens is 526 g/mol. The van der Waals surface area contributed by atoms with E-state index in [1.807, 2.05) is 61.2 Å². The highest BCUT2D eigenvalue weighted by Crippen LogP contribution is 2.28. The number of amides is 4. The molecule has 1 fully saturated rings. The van der Waals surface area contributed by atoms with Gasteiger partial charge in [-0.3, -0.25) is 9.59 Å². The summed E-state index contributed by atoms with van der Waals surface area (Å²) < 4.78 is 0. The van der Waals surface area contributed by atoms with Crippen molar-refractivity contribution in [2.24, 2.45) is 0 Å². The van der Waals surface area contributed by atoms with Gasteiger partial charge in [0.1, 0.15) is 0 Å². The van der Waals surface area contributed by atoms with Crippen molar-refractivity contribution in [3.05, 3.63) is 94.5 Å². The number of hydrogen-bond donors (Lipinski definition) is 2. The number of nitrogens with zero attached hydrogens (tertiary/aromatic N) is 3. The standard InChI is InChI=1S/C31H36ClN5O3/c1-22(2)33-31(40)37-17-7-16-36(18-19-37)28-15-14-26(34-29(38)24-10-12-25(32)13-11-24)20-27(28)30(39)35(3)21-23-8-5-4-6-9-23/h4-6,8-15,20,22H,7,16-19,21H2,1-3H3,(H,33,40)(H,34,38). The summed E-state index contributed by atoms with van der Waals surface area (Å²) >= 11 is 5.97. The maximum absolute atomic E-state index is 13.8. The Bertz CT molecular complexity index is 1330. The van der Waals surface area contributed by atoms with Crippen LogP contribution in [-0.2, 0) is 6.54 Å². The average Bonchev–Trinajstić information content (AvgIpc) is 3.19. The second-order valence-corrected chi connectivity index (χ2v) is 10.7. The Kier molecular flexibility index (Phi) is 9.66. The van der Waals surface area contributed by atoms with Crippen LogP contribution in [0.5, 0.6) is 0 Å². The van der Waals surface area contributed by atoms with Crippen molar-refractivity contribution in [3.63, 3.8) is 0 Å². The largest absolute Gasteiger partial charge is 0.369 e. The van der Waals surface area contributed by atoms with E-state index < -0.39 is 0 Å². The minimum absolute atomic E-state index is 0.0619. The van der Waals surface area contributed by atoms with Crippen LogP contribution in [0.1, 0.15) is 46.5 Å². The summed E-state index contributed by atoms with van der Waals surface area (Å²) in [5.41, 5.74) is 3.28. The maximum Gasteiger partial charge on any atom is 0.317 e. The summed E-state index contributed by atoms with van der Waals surface area (Å²) in [5.74, 6) is -0.442. The number of urea groups is 1. The SMILES string of the molecule is CC(C)NC(=O)N1CCCN(c2ccc(NC(=O)c3ccc(Cl)cc3)cc2C(=O)N(C)Cc2ccccc2)CC1.